The van der Waals surface area contributed by atoms with Crippen molar-refractivity contribution in [3.63, 3.8) is 0 Å². The number of hydrogen-bond donors (Lipinski definition) is 2. The molecule has 0 spiro atoms. The lowest BCUT2D eigenvalue weighted by atomic mass is 10.1. The van der Waals surface area contributed by atoms with Crippen molar-refractivity contribution in [3.05, 3.63) is 72.8 Å². The van der Waals surface area contributed by atoms with E-state index in [-0.39, 0.29) is 0 Å². The highest BCUT2D eigenvalue weighted by Gasteiger charge is 2.42. The highest BCUT2D eigenvalue weighted by molar-refractivity contribution is 5.87. The van der Waals surface area contributed by atoms with Gasteiger partial charge in [0.15, 0.2) is 11.9 Å². The molecule has 3 heterocycles. The first-order valence-electron chi connectivity index (χ1n) is 10.1. The summed E-state index contributed by atoms with van der Waals surface area (Å²) in [5, 5.41) is 20.4. The molecule has 0 radical (unpaired) electrons. The number of imidazole rings is 1. The largest absolute Gasteiger partial charge is 0.489 e. The molecule has 2 N–H and O–H groups in total. The van der Waals surface area contributed by atoms with Gasteiger partial charge in [-0.1, -0.05) is 42.5 Å². The number of fused-ring (bicyclic) bond motifs is 1. The van der Waals surface area contributed by atoms with Gasteiger partial charge in [0, 0.05) is 5.56 Å². The first kappa shape index (κ1) is 19.6. The summed E-state index contributed by atoms with van der Waals surface area (Å²) in [4.78, 5) is 13.2. The van der Waals surface area contributed by atoms with Crippen molar-refractivity contribution in [3.8, 4) is 17.0 Å². The molecule has 4 atom stereocenters. The Morgan fingerprint density at radius 1 is 1.00 bits per heavy atom. The van der Waals surface area contributed by atoms with Crippen LogP contribution >= 0.6 is 0 Å². The Balaban J connectivity index is 1.45. The monoisotopic (exact) mass is 418 g/mol. The predicted octanol–water partition coefficient (Wildman–Crippen LogP) is 2.71. The van der Waals surface area contributed by atoms with Crippen LogP contribution in [-0.2, 0) is 11.3 Å². The molecule has 0 saturated carbocycles. The highest BCUT2D eigenvalue weighted by Crippen LogP contribution is 2.33. The van der Waals surface area contributed by atoms with E-state index in [0.717, 1.165) is 16.9 Å². The maximum absolute atomic E-state index is 10.4. The van der Waals surface area contributed by atoms with Gasteiger partial charge in [0.25, 0.3) is 0 Å². The van der Waals surface area contributed by atoms with Crippen molar-refractivity contribution in [1.29, 1.82) is 0 Å². The van der Waals surface area contributed by atoms with Gasteiger partial charge in [0.1, 0.15) is 42.1 Å². The van der Waals surface area contributed by atoms with E-state index < -0.39 is 24.5 Å². The summed E-state index contributed by atoms with van der Waals surface area (Å²) in [7, 11) is 0. The Kier molecular flexibility index (Phi) is 5.11. The van der Waals surface area contributed by atoms with Gasteiger partial charge in [0.2, 0.25) is 0 Å². The third-order valence-corrected chi connectivity index (χ3v) is 5.47. The zero-order valence-electron chi connectivity index (χ0n) is 16.9. The third-order valence-electron chi connectivity index (χ3n) is 5.47. The van der Waals surface area contributed by atoms with Gasteiger partial charge < -0.3 is 19.7 Å². The molecule has 0 unspecified atom stereocenters. The molecule has 158 valence electrons. The number of nitrogens with zero attached hydrogens (tertiary/aromatic N) is 4. The van der Waals surface area contributed by atoms with Crippen LogP contribution in [0.4, 0.5) is 0 Å². The second-order valence-electron chi connectivity index (χ2n) is 7.56. The second-order valence-corrected chi connectivity index (χ2v) is 7.56. The van der Waals surface area contributed by atoms with Crippen LogP contribution in [0.15, 0.2) is 67.3 Å². The zero-order valence-corrected chi connectivity index (χ0v) is 16.9. The van der Waals surface area contributed by atoms with E-state index in [1.165, 1.54) is 6.33 Å². The molecule has 2 aromatic heterocycles. The van der Waals surface area contributed by atoms with Gasteiger partial charge in [-0.3, -0.25) is 4.57 Å². The van der Waals surface area contributed by atoms with E-state index in [0.29, 0.717) is 23.5 Å². The molecular formula is C23H22N4O4. The number of aliphatic hydroxyl groups is 2. The number of aromatic nitrogens is 4. The average Bonchev–Trinajstić information content (AvgIpc) is 3.35. The van der Waals surface area contributed by atoms with Crippen LogP contribution in [0.25, 0.3) is 22.4 Å². The molecule has 1 fully saturated rings. The molecule has 5 rings (SSSR count). The van der Waals surface area contributed by atoms with Crippen LogP contribution < -0.4 is 4.74 Å². The van der Waals surface area contributed by atoms with Crippen LogP contribution in [0, 0.1) is 0 Å². The quantitative estimate of drug-likeness (QED) is 0.514. The summed E-state index contributed by atoms with van der Waals surface area (Å²) >= 11 is 0. The van der Waals surface area contributed by atoms with Crippen molar-refractivity contribution < 1.29 is 19.7 Å². The van der Waals surface area contributed by atoms with Crippen molar-refractivity contribution in [2.45, 2.75) is 38.1 Å². The minimum Gasteiger partial charge on any atom is -0.489 e. The summed E-state index contributed by atoms with van der Waals surface area (Å²) in [6.45, 7) is 2.18. The number of benzene rings is 2. The maximum atomic E-state index is 10.4. The fourth-order valence-electron chi connectivity index (χ4n) is 3.78. The van der Waals surface area contributed by atoms with Gasteiger partial charge in [-0.2, -0.15) is 0 Å². The molecule has 8 nitrogen and oxygen atoms in total. The topological polar surface area (TPSA) is 103 Å². The normalized spacial score (nSPS) is 23.3. The number of hydrogen-bond acceptors (Lipinski definition) is 7. The number of rotatable bonds is 5. The molecule has 0 aliphatic carbocycles. The molecule has 4 aromatic rings. The van der Waals surface area contributed by atoms with E-state index >= 15 is 0 Å². The number of ether oxygens (including phenoxy) is 2. The molecular weight excluding hydrogens is 396 g/mol. The smallest absolute Gasteiger partial charge is 0.166 e. The van der Waals surface area contributed by atoms with Crippen molar-refractivity contribution >= 4 is 11.2 Å². The first-order valence-corrected chi connectivity index (χ1v) is 10.1. The number of aliphatic hydroxyl groups excluding tert-OH is 2. The van der Waals surface area contributed by atoms with E-state index in [2.05, 4.69) is 15.0 Å². The summed E-state index contributed by atoms with van der Waals surface area (Å²) in [6.07, 6.45) is -0.288. The molecule has 0 bridgehead atoms. The summed E-state index contributed by atoms with van der Waals surface area (Å²) in [5.74, 6) is 0.721. The first-order chi connectivity index (χ1) is 15.1. The Morgan fingerprint density at radius 3 is 2.61 bits per heavy atom. The second kappa shape index (κ2) is 8.07. The van der Waals surface area contributed by atoms with Crippen molar-refractivity contribution in [2.24, 2.45) is 0 Å². The summed E-state index contributed by atoms with van der Waals surface area (Å²) in [6, 6.07) is 17.6. The van der Waals surface area contributed by atoms with Crippen LogP contribution in [0.2, 0.25) is 0 Å². The van der Waals surface area contributed by atoms with Crippen molar-refractivity contribution in [1.82, 2.24) is 19.5 Å². The van der Waals surface area contributed by atoms with Gasteiger partial charge in [0.05, 0.1) is 12.4 Å². The minimum absolute atomic E-state index is 0.468. The van der Waals surface area contributed by atoms with Crippen LogP contribution in [0.1, 0.15) is 18.7 Å². The lowest BCUT2D eigenvalue weighted by molar-refractivity contribution is -0.0299. The third kappa shape index (κ3) is 3.65. The van der Waals surface area contributed by atoms with Crippen molar-refractivity contribution in [2.75, 3.05) is 0 Å². The minimum atomic E-state index is -1.07. The summed E-state index contributed by atoms with van der Waals surface area (Å²) < 4.78 is 13.3. The molecule has 8 heteroatoms. The maximum Gasteiger partial charge on any atom is 0.166 e. The Morgan fingerprint density at radius 2 is 1.84 bits per heavy atom. The Hall–Kier alpha value is -3.33. The fraction of sp³-hybridized carbons (Fsp3) is 0.261. The lowest BCUT2D eigenvalue weighted by Gasteiger charge is -2.16. The standard InChI is InChI=1S/C23H22N4O4/c1-14-20(28)21(29)23(31-14)27-13-26-19-18(24-12-25-22(19)27)16-8-5-9-17(10-16)30-11-15-6-3-2-4-7-15/h2-10,12-14,20-21,23,28-29H,11H2,1H3/t14-,20+,21-,23-/m1/s1. The molecule has 1 aliphatic heterocycles. The van der Waals surface area contributed by atoms with Crippen LogP contribution in [-0.4, -0.2) is 48.0 Å². The Bertz CT molecular complexity index is 1200. The zero-order chi connectivity index (χ0) is 21.4. The highest BCUT2D eigenvalue weighted by atomic mass is 16.6. The van der Waals surface area contributed by atoms with E-state index in [1.54, 1.807) is 17.8 Å². The van der Waals surface area contributed by atoms with Gasteiger partial charge in [-0.15, -0.1) is 0 Å². The molecule has 1 aliphatic rings. The van der Waals surface area contributed by atoms with E-state index in [9.17, 15) is 10.2 Å². The molecule has 0 amide bonds. The molecule has 31 heavy (non-hydrogen) atoms. The SMILES string of the molecule is C[C@H]1O[C@@H](n2cnc3c(-c4cccc(OCc5ccccc5)c4)ncnc32)[C@H](O)[C@H]1O. The van der Waals surface area contributed by atoms with Crippen LogP contribution in [0.5, 0.6) is 5.75 Å². The van der Waals surface area contributed by atoms with E-state index in [1.807, 2.05) is 54.6 Å². The van der Waals surface area contributed by atoms with Gasteiger partial charge >= 0.3 is 0 Å². The summed E-state index contributed by atoms with van der Waals surface area (Å²) in [5.41, 5.74) is 3.67. The van der Waals surface area contributed by atoms with Gasteiger partial charge in [-0.05, 0) is 24.6 Å². The lowest BCUT2D eigenvalue weighted by Crippen LogP contribution is -2.30. The predicted molar refractivity (Wildman–Crippen MR) is 113 cm³/mol. The molecule has 2 aromatic carbocycles. The fourth-order valence-corrected chi connectivity index (χ4v) is 3.78. The van der Waals surface area contributed by atoms with E-state index in [4.69, 9.17) is 9.47 Å². The molecule has 1 saturated heterocycles. The average molecular weight is 418 g/mol. The van der Waals surface area contributed by atoms with Gasteiger partial charge in [-0.25, -0.2) is 15.0 Å². The van der Waals surface area contributed by atoms with Crippen LogP contribution in [0.3, 0.4) is 0 Å². The Labute approximate surface area is 178 Å².